The number of fused-ring (bicyclic) bond motifs is 1. The van der Waals surface area contributed by atoms with Gasteiger partial charge in [-0.15, -0.1) is 0 Å². The van der Waals surface area contributed by atoms with Crippen LogP contribution in [-0.2, 0) is 14.6 Å². The van der Waals surface area contributed by atoms with Gasteiger partial charge in [-0.05, 0) is 24.6 Å². The van der Waals surface area contributed by atoms with E-state index in [1.165, 1.54) is 0 Å². The second kappa shape index (κ2) is 4.48. The first-order valence-corrected chi connectivity index (χ1v) is 8.40. The normalized spacial score (nSPS) is 27.7. The molecular formula is C14H17NO4S. The van der Waals surface area contributed by atoms with E-state index in [0.29, 0.717) is 17.9 Å². The average Bonchev–Trinajstić information content (AvgIpc) is 2.79. The van der Waals surface area contributed by atoms with Crippen molar-refractivity contribution in [1.82, 2.24) is 0 Å². The Balaban J connectivity index is 2.05. The Hall–Kier alpha value is -1.56. The summed E-state index contributed by atoms with van der Waals surface area (Å²) in [7, 11) is -1.48. The number of sulfone groups is 1. The van der Waals surface area contributed by atoms with Crippen molar-refractivity contribution in [2.45, 2.75) is 19.4 Å². The van der Waals surface area contributed by atoms with Crippen LogP contribution >= 0.6 is 0 Å². The summed E-state index contributed by atoms with van der Waals surface area (Å²) in [6.45, 7) is 1.94. The minimum absolute atomic E-state index is 0.0150. The third-order valence-electron chi connectivity index (χ3n) is 4.07. The van der Waals surface area contributed by atoms with Gasteiger partial charge in [0.1, 0.15) is 5.75 Å². The Bertz CT molecular complexity index is 668. The lowest BCUT2D eigenvalue weighted by Gasteiger charge is -2.25. The molecule has 2 saturated heterocycles. The van der Waals surface area contributed by atoms with Gasteiger partial charge in [0.15, 0.2) is 9.84 Å². The van der Waals surface area contributed by atoms with Crippen molar-refractivity contribution >= 4 is 21.4 Å². The Morgan fingerprint density at radius 2 is 2.05 bits per heavy atom. The summed E-state index contributed by atoms with van der Waals surface area (Å²) >= 11 is 0. The van der Waals surface area contributed by atoms with Crippen LogP contribution < -0.4 is 9.64 Å². The van der Waals surface area contributed by atoms with E-state index < -0.39 is 9.84 Å². The van der Waals surface area contributed by atoms with Gasteiger partial charge in [-0.3, -0.25) is 4.79 Å². The van der Waals surface area contributed by atoms with Crippen molar-refractivity contribution in [3.8, 4) is 5.75 Å². The van der Waals surface area contributed by atoms with Crippen molar-refractivity contribution in [1.29, 1.82) is 0 Å². The molecule has 2 heterocycles. The zero-order valence-corrected chi connectivity index (χ0v) is 12.3. The van der Waals surface area contributed by atoms with Crippen molar-refractivity contribution in [2.24, 2.45) is 5.92 Å². The molecule has 3 rings (SSSR count). The standard InChI is InChI=1S/C14H17NO4S/c1-9-3-4-13(19-2)11(5-9)15-12-8-20(17,18)7-10(12)6-14(15)16/h3-5,10,12H,6-8H2,1-2H3/t10-,12+/m0/s1. The quantitative estimate of drug-likeness (QED) is 0.821. The largest absolute Gasteiger partial charge is 0.495 e. The Morgan fingerprint density at radius 3 is 2.75 bits per heavy atom. The molecular weight excluding hydrogens is 278 g/mol. The molecule has 2 aliphatic rings. The summed E-state index contributed by atoms with van der Waals surface area (Å²) in [4.78, 5) is 13.9. The summed E-state index contributed by atoms with van der Waals surface area (Å²) < 4.78 is 28.9. The highest BCUT2D eigenvalue weighted by molar-refractivity contribution is 7.91. The molecule has 0 aromatic heterocycles. The molecule has 1 aromatic carbocycles. The van der Waals surface area contributed by atoms with Crippen molar-refractivity contribution in [2.75, 3.05) is 23.5 Å². The summed E-state index contributed by atoms with van der Waals surface area (Å²) in [6.07, 6.45) is 0.307. The molecule has 0 bridgehead atoms. The first-order valence-electron chi connectivity index (χ1n) is 6.58. The summed E-state index contributed by atoms with van der Waals surface area (Å²) in [6, 6.07) is 5.35. The van der Waals surface area contributed by atoms with Crippen LogP contribution in [-0.4, -0.2) is 39.0 Å². The highest BCUT2D eigenvalue weighted by Crippen LogP contribution is 2.41. The van der Waals surface area contributed by atoms with Gasteiger partial charge in [0, 0.05) is 12.3 Å². The van der Waals surface area contributed by atoms with Crippen LogP contribution in [0.3, 0.4) is 0 Å². The van der Waals surface area contributed by atoms with Crippen LogP contribution in [0.1, 0.15) is 12.0 Å². The molecule has 20 heavy (non-hydrogen) atoms. The molecule has 0 N–H and O–H groups in total. The maximum atomic E-state index is 12.3. The van der Waals surface area contributed by atoms with E-state index in [1.54, 1.807) is 12.0 Å². The third kappa shape index (κ3) is 2.08. The van der Waals surface area contributed by atoms with Crippen LogP contribution in [0, 0.1) is 12.8 Å². The predicted molar refractivity (Wildman–Crippen MR) is 75.8 cm³/mol. The van der Waals surface area contributed by atoms with E-state index in [0.717, 1.165) is 5.56 Å². The molecule has 0 aliphatic carbocycles. The molecule has 2 atom stereocenters. The van der Waals surface area contributed by atoms with Gasteiger partial charge < -0.3 is 9.64 Å². The number of aryl methyl sites for hydroxylation is 1. The number of carbonyl (C=O) groups excluding carboxylic acids is 1. The van der Waals surface area contributed by atoms with Crippen LogP contribution in [0.4, 0.5) is 5.69 Å². The van der Waals surface area contributed by atoms with Crippen molar-refractivity contribution < 1.29 is 17.9 Å². The Kier molecular flexibility index (Phi) is 3.01. The molecule has 0 saturated carbocycles. The number of ether oxygens (including phenoxy) is 1. The third-order valence-corrected chi connectivity index (χ3v) is 5.85. The second-order valence-corrected chi connectivity index (χ2v) is 7.70. The minimum Gasteiger partial charge on any atom is -0.495 e. The first-order chi connectivity index (χ1) is 9.41. The lowest BCUT2D eigenvalue weighted by atomic mass is 10.0. The van der Waals surface area contributed by atoms with E-state index in [1.807, 2.05) is 25.1 Å². The fraction of sp³-hybridized carbons (Fsp3) is 0.500. The van der Waals surface area contributed by atoms with E-state index in [-0.39, 0.29) is 29.4 Å². The molecule has 2 fully saturated rings. The van der Waals surface area contributed by atoms with E-state index >= 15 is 0 Å². The zero-order valence-electron chi connectivity index (χ0n) is 11.5. The molecule has 6 heteroatoms. The number of carbonyl (C=O) groups is 1. The van der Waals surface area contributed by atoms with Crippen molar-refractivity contribution in [3.05, 3.63) is 23.8 Å². The number of methoxy groups -OCH3 is 1. The highest BCUT2D eigenvalue weighted by atomic mass is 32.2. The Labute approximate surface area is 118 Å². The Morgan fingerprint density at radius 1 is 1.30 bits per heavy atom. The number of benzene rings is 1. The van der Waals surface area contributed by atoms with Gasteiger partial charge in [0.05, 0.1) is 30.3 Å². The van der Waals surface area contributed by atoms with Gasteiger partial charge in [0.25, 0.3) is 0 Å². The number of anilines is 1. The molecule has 0 unspecified atom stereocenters. The van der Waals surface area contributed by atoms with Gasteiger partial charge in [-0.2, -0.15) is 0 Å². The summed E-state index contributed by atoms with van der Waals surface area (Å²) in [5, 5.41) is 0. The smallest absolute Gasteiger partial charge is 0.227 e. The summed E-state index contributed by atoms with van der Waals surface area (Å²) in [5.41, 5.74) is 1.69. The fourth-order valence-electron chi connectivity index (χ4n) is 3.19. The SMILES string of the molecule is COc1ccc(C)cc1N1C(=O)C[C@H]2CS(=O)(=O)C[C@H]21. The van der Waals surface area contributed by atoms with Crippen LogP contribution in [0.15, 0.2) is 18.2 Å². The average molecular weight is 295 g/mol. The lowest BCUT2D eigenvalue weighted by molar-refractivity contribution is -0.117. The molecule has 108 valence electrons. The number of rotatable bonds is 2. The van der Waals surface area contributed by atoms with Crippen LogP contribution in [0.5, 0.6) is 5.75 Å². The molecule has 1 amide bonds. The molecule has 1 aromatic rings. The second-order valence-electron chi connectivity index (χ2n) is 5.55. The van der Waals surface area contributed by atoms with Gasteiger partial charge in [-0.1, -0.05) is 6.07 Å². The molecule has 0 radical (unpaired) electrons. The zero-order chi connectivity index (χ0) is 14.5. The molecule has 0 spiro atoms. The fourth-order valence-corrected chi connectivity index (χ4v) is 5.26. The first kappa shape index (κ1) is 13.4. The van der Waals surface area contributed by atoms with Gasteiger partial charge in [-0.25, -0.2) is 8.42 Å². The predicted octanol–water partition coefficient (Wildman–Crippen LogP) is 1.15. The van der Waals surface area contributed by atoms with Crippen LogP contribution in [0.25, 0.3) is 0 Å². The number of amides is 1. The number of hydrogen-bond acceptors (Lipinski definition) is 4. The summed E-state index contributed by atoms with van der Waals surface area (Å²) in [5.74, 6) is 0.680. The maximum Gasteiger partial charge on any atom is 0.227 e. The number of hydrogen-bond donors (Lipinski definition) is 0. The van der Waals surface area contributed by atoms with Crippen LogP contribution in [0.2, 0.25) is 0 Å². The monoisotopic (exact) mass is 295 g/mol. The van der Waals surface area contributed by atoms with Gasteiger partial charge >= 0.3 is 0 Å². The van der Waals surface area contributed by atoms with Gasteiger partial charge in [0.2, 0.25) is 5.91 Å². The van der Waals surface area contributed by atoms with Crippen molar-refractivity contribution in [3.63, 3.8) is 0 Å². The van der Waals surface area contributed by atoms with E-state index in [9.17, 15) is 13.2 Å². The lowest BCUT2D eigenvalue weighted by Crippen LogP contribution is -2.36. The van der Waals surface area contributed by atoms with E-state index in [4.69, 9.17) is 4.74 Å². The van der Waals surface area contributed by atoms with E-state index in [2.05, 4.69) is 0 Å². The highest BCUT2D eigenvalue weighted by Gasteiger charge is 2.49. The molecule has 2 aliphatic heterocycles. The number of nitrogens with zero attached hydrogens (tertiary/aromatic N) is 1. The minimum atomic E-state index is -3.03. The maximum absolute atomic E-state index is 12.3. The topological polar surface area (TPSA) is 63.7 Å². The molecule has 5 nitrogen and oxygen atoms in total.